The van der Waals surface area contributed by atoms with E-state index in [9.17, 15) is 19.7 Å². The van der Waals surface area contributed by atoms with Gasteiger partial charge >= 0.3 is 6.16 Å². The predicted molar refractivity (Wildman–Crippen MR) is 70.0 cm³/mol. The molecule has 0 fully saturated rings. The number of carbonyl (C=O) groups is 2. The summed E-state index contributed by atoms with van der Waals surface area (Å²) in [6.45, 7) is 4.97. The fraction of sp³-hybridized carbons (Fsp3) is 0.385. The number of nitro benzene ring substituents is 1. The third-order valence-corrected chi connectivity index (χ3v) is 2.86. The van der Waals surface area contributed by atoms with E-state index in [2.05, 4.69) is 4.74 Å². The maximum atomic E-state index is 12.0. The summed E-state index contributed by atoms with van der Waals surface area (Å²) in [5.74, 6) is -1.18. The molecular weight excluding hydrogens is 266 g/mol. The highest BCUT2D eigenvalue weighted by Gasteiger charge is 2.25. The topological polar surface area (TPSA) is 107 Å². The van der Waals surface area contributed by atoms with Gasteiger partial charge in [0.1, 0.15) is 11.5 Å². The van der Waals surface area contributed by atoms with Gasteiger partial charge in [0.25, 0.3) is 5.69 Å². The van der Waals surface area contributed by atoms with Crippen molar-refractivity contribution in [2.75, 3.05) is 0 Å². The lowest BCUT2D eigenvalue weighted by atomic mass is 9.89. The maximum Gasteiger partial charge on any atom is 0.511 e. The molecular formula is C13H15NO6. The summed E-state index contributed by atoms with van der Waals surface area (Å²) in [5.41, 5.74) is -0.0264. The van der Waals surface area contributed by atoms with Crippen molar-refractivity contribution < 1.29 is 24.4 Å². The summed E-state index contributed by atoms with van der Waals surface area (Å²) in [5, 5.41) is 19.4. The number of carbonyl (C=O) groups excluding carboxylic acids is 1. The summed E-state index contributed by atoms with van der Waals surface area (Å²) < 4.78 is 4.57. The van der Waals surface area contributed by atoms with Crippen LogP contribution in [0.25, 0.3) is 0 Å². The largest absolute Gasteiger partial charge is 0.511 e. The lowest BCUT2D eigenvalue weighted by Crippen LogP contribution is -2.17. The van der Waals surface area contributed by atoms with Gasteiger partial charge in [-0.2, -0.15) is 0 Å². The zero-order chi connectivity index (χ0) is 15.4. The predicted octanol–water partition coefficient (Wildman–Crippen LogP) is 2.98. The first-order valence-electron chi connectivity index (χ1n) is 5.96. The molecule has 0 saturated carbocycles. The van der Waals surface area contributed by atoms with E-state index in [4.69, 9.17) is 5.11 Å². The van der Waals surface area contributed by atoms with Crippen LogP contribution in [0.4, 0.5) is 10.5 Å². The number of carboxylic acid groups (broad SMARTS) is 1. The molecule has 0 spiro atoms. The van der Waals surface area contributed by atoms with Gasteiger partial charge in [-0.15, -0.1) is 0 Å². The molecule has 0 unspecified atom stereocenters. The Labute approximate surface area is 115 Å². The minimum atomic E-state index is -1.54. The van der Waals surface area contributed by atoms with E-state index >= 15 is 0 Å². The summed E-state index contributed by atoms with van der Waals surface area (Å²) in [6.07, 6.45) is -1.54. The second kappa shape index (κ2) is 6.14. The Morgan fingerprint density at radius 2 is 1.90 bits per heavy atom. The van der Waals surface area contributed by atoms with Crippen molar-refractivity contribution in [1.29, 1.82) is 0 Å². The molecule has 0 radical (unpaired) electrons. The number of hydrogen-bond acceptors (Lipinski definition) is 5. The monoisotopic (exact) mass is 281 g/mol. The molecule has 0 aromatic heterocycles. The van der Waals surface area contributed by atoms with E-state index in [1.54, 1.807) is 20.8 Å². The van der Waals surface area contributed by atoms with Gasteiger partial charge in [0.15, 0.2) is 0 Å². The normalized spacial score (nSPS) is 12.0. The maximum absolute atomic E-state index is 12.0. The molecule has 1 atom stereocenters. The number of ether oxygens (including phenoxy) is 1. The van der Waals surface area contributed by atoms with Crippen LogP contribution >= 0.6 is 0 Å². The van der Waals surface area contributed by atoms with Gasteiger partial charge in [0, 0.05) is 29.5 Å². The Morgan fingerprint density at radius 3 is 2.35 bits per heavy atom. The number of rotatable bonds is 5. The van der Waals surface area contributed by atoms with Crippen LogP contribution in [0.1, 0.15) is 32.3 Å². The van der Waals surface area contributed by atoms with Crippen molar-refractivity contribution in [2.45, 2.75) is 26.7 Å². The van der Waals surface area contributed by atoms with E-state index in [1.165, 1.54) is 12.1 Å². The summed E-state index contributed by atoms with van der Waals surface area (Å²) in [7, 11) is 0. The van der Waals surface area contributed by atoms with Crippen LogP contribution < -0.4 is 4.74 Å². The Morgan fingerprint density at radius 1 is 1.30 bits per heavy atom. The molecule has 0 aliphatic heterocycles. The molecule has 1 aromatic carbocycles. The van der Waals surface area contributed by atoms with E-state index in [0.29, 0.717) is 0 Å². The molecule has 0 heterocycles. The van der Waals surface area contributed by atoms with Gasteiger partial charge in [0.05, 0.1) is 4.92 Å². The molecule has 0 aliphatic carbocycles. The third-order valence-electron chi connectivity index (χ3n) is 2.86. The number of nitrogens with zero attached hydrogens (tertiary/aromatic N) is 1. The molecule has 1 aromatic rings. The van der Waals surface area contributed by atoms with E-state index in [-0.39, 0.29) is 28.7 Å². The van der Waals surface area contributed by atoms with Crippen LogP contribution in [0.5, 0.6) is 5.75 Å². The number of ketones is 1. The van der Waals surface area contributed by atoms with Crippen molar-refractivity contribution in [1.82, 2.24) is 0 Å². The molecule has 0 bridgehead atoms. The summed E-state index contributed by atoms with van der Waals surface area (Å²) in [4.78, 5) is 32.8. The van der Waals surface area contributed by atoms with Crippen molar-refractivity contribution in [3.63, 3.8) is 0 Å². The highest BCUT2D eigenvalue weighted by atomic mass is 16.7. The van der Waals surface area contributed by atoms with Crippen molar-refractivity contribution in [3.8, 4) is 5.75 Å². The number of non-ortho nitro benzene ring substituents is 1. The summed E-state index contributed by atoms with van der Waals surface area (Å²) in [6, 6.07) is 3.49. The third kappa shape index (κ3) is 3.53. The SMILES string of the molecule is CC(C)C(=O)[C@@H](C)c1cc([N+](=O)[O-])ccc1OC(=O)O. The molecule has 108 valence electrons. The Bertz CT molecular complexity index is 552. The number of Topliss-reactive ketones (excluding diaryl/α,β-unsaturated/α-hetero) is 1. The number of nitro groups is 1. The molecule has 7 heteroatoms. The minimum absolute atomic E-state index is 0.0652. The molecule has 7 nitrogen and oxygen atoms in total. The second-order valence-corrected chi connectivity index (χ2v) is 4.63. The van der Waals surface area contributed by atoms with Gasteiger partial charge in [-0.25, -0.2) is 4.79 Å². The minimum Gasteiger partial charge on any atom is -0.449 e. The van der Waals surface area contributed by atoms with Crippen LogP contribution in [-0.2, 0) is 4.79 Å². The number of benzene rings is 1. The smallest absolute Gasteiger partial charge is 0.449 e. The Hall–Kier alpha value is -2.44. The fourth-order valence-corrected chi connectivity index (χ4v) is 1.83. The van der Waals surface area contributed by atoms with Crippen LogP contribution in [0.3, 0.4) is 0 Å². The van der Waals surface area contributed by atoms with Crippen molar-refractivity contribution in [3.05, 3.63) is 33.9 Å². The van der Waals surface area contributed by atoms with Crippen molar-refractivity contribution >= 4 is 17.6 Å². The fourth-order valence-electron chi connectivity index (χ4n) is 1.83. The van der Waals surface area contributed by atoms with Crippen molar-refractivity contribution in [2.24, 2.45) is 5.92 Å². The molecule has 20 heavy (non-hydrogen) atoms. The highest BCUT2D eigenvalue weighted by Crippen LogP contribution is 2.32. The average molecular weight is 281 g/mol. The summed E-state index contributed by atoms with van der Waals surface area (Å²) >= 11 is 0. The first kappa shape index (κ1) is 15.6. The second-order valence-electron chi connectivity index (χ2n) is 4.63. The van der Waals surface area contributed by atoms with Crippen LogP contribution in [0.2, 0.25) is 0 Å². The zero-order valence-corrected chi connectivity index (χ0v) is 11.3. The van der Waals surface area contributed by atoms with E-state index < -0.39 is 17.0 Å². The van der Waals surface area contributed by atoms with Gasteiger partial charge in [-0.3, -0.25) is 14.9 Å². The van der Waals surface area contributed by atoms with Gasteiger partial charge in [-0.05, 0) is 6.07 Å². The van der Waals surface area contributed by atoms with Gasteiger partial charge < -0.3 is 9.84 Å². The Kier molecular flexibility index (Phi) is 4.79. The van der Waals surface area contributed by atoms with Gasteiger partial charge in [0.2, 0.25) is 0 Å². The lowest BCUT2D eigenvalue weighted by molar-refractivity contribution is -0.384. The molecule has 0 aliphatic rings. The molecule has 0 saturated heterocycles. The van der Waals surface area contributed by atoms with Crippen LogP contribution in [-0.4, -0.2) is 22.0 Å². The van der Waals surface area contributed by atoms with Gasteiger partial charge in [-0.1, -0.05) is 20.8 Å². The van der Waals surface area contributed by atoms with E-state index in [1.807, 2.05) is 0 Å². The standard InChI is InChI=1S/C13H15NO6/c1-7(2)12(15)8(3)10-6-9(14(18)19)4-5-11(10)20-13(16)17/h4-8H,1-3H3,(H,16,17)/t8-/m0/s1. The average Bonchev–Trinajstić information content (AvgIpc) is 2.36. The first-order valence-corrected chi connectivity index (χ1v) is 5.96. The quantitative estimate of drug-likeness (QED) is 0.385. The zero-order valence-electron chi connectivity index (χ0n) is 11.3. The first-order chi connectivity index (χ1) is 9.23. The van der Waals surface area contributed by atoms with Crippen LogP contribution in [0, 0.1) is 16.0 Å². The number of hydrogen-bond donors (Lipinski definition) is 1. The molecule has 0 amide bonds. The van der Waals surface area contributed by atoms with E-state index in [0.717, 1.165) is 6.07 Å². The lowest BCUT2D eigenvalue weighted by Gasteiger charge is -2.16. The Balaban J connectivity index is 3.30. The molecule has 1 rings (SSSR count). The molecule has 1 N–H and O–H groups in total. The highest BCUT2D eigenvalue weighted by molar-refractivity contribution is 5.88. The van der Waals surface area contributed by atoms with Crippen LogP contribution in [0.15, 0.2) is 18.2 Å².